The van der Waals surface area contributed by atoms with Gasteiger partial charge in [0, 0.05) is 31.9 Å². The molecule has 3 aromatic rings. The van der Waals surface area contributed by atoms with Gasteiger partial charge in [-0.15, -0.1) is 0 Å². The number of fused-ring (bicyclic) bond motifs is 1. The molecule has 2 heterocycles. The molecule has 0 fully saturated rings. The van der Waals surface area contributed by atoms with Crippen molar-refractivity contribution in [2.24, 2.45) is 21.1 Å². The van der Waals surface area contributed by atoms with E-state index in [4.69, 9.17) is 11.6 Å². The van der Waals surface area contributed by atoms with Crippen LogP contribution in [-0.4, -0.2) is 18.7 Å². The Bertz CT molecular complexity index is 999. The summed E-state index contributed by atoms with van der Waals surface area (Å²) in [6.45, 7) is 0. The highest BCUT2D eigenvalue weighted by atomic mass is 35.5. The summed E-state index contributed by atoms with van der Waals surface area (Å²) in [7, 11) is 4.75. The number of anilines is 2. The van der Waals surface area contributed by atoms with Crippen molar-refractivity contribution in [1.29, 1.82) is 0 Å². The van der Waals surface area contributed by atoms with Crippen molar-refractivity contribution in [3.63, 3.8) is 0 Å². The van der Waals surface area contributed by atoms with Gasteiger partial charge in [-0.1, -0.05) is 17.7 Å². The zero-order chi connectivity index (χ0) is 16.0. The molecule has 0 radical (unpaired) electrons. The molecule has 3 rings (SSSR count). The monoisotopic (exact) mass is 319 g/mol. The Morgan fingerprint density at radius 2 is 1.82 bits per heavy atom. The highest BCUT2D eigenvalue weighted by molar-refractivity contribution is 6.30. The van der Waals surface area contributed by atoms with Crippen molar-refractivity contribution in [2.75, 3.05) is 5.32 Å². The van der Waals surface area contributed by atoms with E-state index in [1.165, 1.54) is 11.6 Å². The summed E-state index contributed by atoms with van der Waals surface area (Å²) >= 11 is 5.96. The lowest BCUT2D eigenvalue weighted by atomic mass is 10.3. The number of halogens is 1. The number of aryl methyl sites for hydroxylation is 2. The lowest BCUT2D eigenvalue weighted by molar-refractivity contribution is 0.705. The zero-order valence-corrected chi connectivity index (χ0v) is 13.0. The van der Waals surface area contributed by atoms with E-state index in [-0.39, 0.29) is 5.56 Å². The van der Waals surface area contributed by atoms with E-state index in [1.807, 2.05) is 12.1 Å². The second-order valence-electron chi connectivity index (χ2n) is 5.01. The lowest BCUT2D eigenvalue weighted by Gasteiger charge is -2.06. The van der Waals surface area contributed by atoms with Gasteiger partial charge in [0.1, 0.15) is 0 Å². The molecule has 0 unspecified atom stereocenters. The standard InChI is InChI=1S/C14H14ClN5O2/c1-18-10-11(19(2)14(22)20(3)12(10)21)17-13(18)16-9-6-4-5-8(15)7-9/h4-7H,1-3H3,(H,16,17). The lowest BCUT2D eigenvalue weighted by Crippen LogP contribution is -2.37. The van der Waals surface area contributed by atoms with Gasteiger partial charge >= 0.3 is 5.69 Å². The Balaban J connectivity index is 2.23. The summed E-state index contributed by atoms with van der Waals surface area (Å²) in [5.41, 5.74) is 0.638. The average Bonchev–Trinajstić information content (AvgIpc) is 2.80. The minimum Gasteiger partial charge on any atom is -0.325 e. The minimum absolute atomic E-state index is 0.333. The summed E-state index contributed by atoms with van der Waals surface area (Å²) in [4.78, 5) is 28.6. The zero-order valence-electron chi connectivity index (χ0n) is 12.3. The van der Waals surface area contributed by atoms with E-state index >= 15 is 0 Å². The molecule has 7 nitrogen and oxygen atoms in total. The van der Waals surface area contributed by atoms with Crippen LogP contribution in [-0.2, 0) is 21.1 Å². The number of aromatic nitrogens is 4. The van der Waals surface area contributed by atoms with Crippen molar-refractivity contribution >= 4 is 34.4 Å². The van der Waals surface area contributed by atoms with Crippen LogP contribution >= 0.6 is 11.6 Å². The van der Waals surface area contributed by atoms with E-state index in [0.717, 1.165) is 10.3 Å². The van der Waals surface area contributed by atoms with Gasteiger partial charge in [0.05, 0.1) is 0 Å². The van der Waals surface area contributed by atoms with Crippen LogP contribution in [0.25, 0.3) is 11.2 Å². The normalized spacial score (nSPS) is 11.1. The van der Waals surface area contributed by atoms with Gasteiger partial charge in [-0.05, 0) is 18.2 Å². The first-order valence-electron chi connectivity index (χ1n) is 6.55. The fraction of sp³-hybridized carbons (Fsp3) is 0.214. The molecule has 0 spiro atoms. The Hall–Kier alpha value is -2.54. The van der Waals surface area contributed by atoms with Gasteiger partial charge < -0.3 is 9.88 Å². The van der Waals surface area contributed by atoms with Gasteiger partial charge in [-0.3, -0.25) is 13.9 Å². The Morgan fingerprint density at radius 3 is 2.50 bits per heavy atom. The predicted molar refractivity (Wildman–Crippen MR) is 85.9 cm³/mol. The molecule has 114 valence electrons. The molecule has 2 aromatic heterocycles. The number of nitrogens with zero attached hydrogens (tertiary/aromatic N) is 4. The fourth-order valence-corrected chi connectivity index (χ4v) is 2.52. The third-order valence-electron chi connectivity index (χ3n) is 3.56. The van der Waals surface area contributed by atoms with E-state index in [0.29, 0.717) is 22.1 Å². The molecule has 1 N–H and O–H groups in total. The van der Waals surface area contributed by atoms with Gasteiger partial charge in [-0.2, -0.15) is 4.98 Å². The van der Waals surface area contributed by atoms with Crippen LogP contribution in [0.4, 0.5) is 11.6 Å². The maximum Gasteiger partial charge on any atom is 0.332 e. The first-order valence-corrected chi connectivity index (χ1v) is 6.93. The van der Waals surface area contributed by atoms with Crippen molar-refractivity contribution in [1.82, 2.24) is 18.7 Å². The van der Waals surface area contributed by atoms with E-state index < -0.39 is 5.69 Å². The number of imidazole rings is 1. The quantitative estimate of drug-likeness (QED) is 0.774. The second kappa shape index (κ2) is 5.03. The maximum atomic E-state index is 12.3. The number of hydrogen-bond acceptors (Lipinski definition) is 4. The highest BCUT2D eigenvalue weighted by Crippen LogP contribution is 2.21. The van der Waals surface area contributed by atoms with E-state index in [1.54, 1.807) is 30.8 Å². The van der Waals surface area contributed by atoms with Crippen LogP contribution in [0.2, 0.25) is 5.02 Å². The van der Waals surface area contributed by atoms with E-state index in [9.17, 15) is 9.59 Å². The Labute approximate surface area is 130 Å². The van der Waals surface area contributed by atoms with Crippen LogP contribution in [0.5, 0.6) is 0 Å². The summed E-state index contributed by atoms with van der Waals surface area (Å²) in [6, 6.07) is 7.16. The number of hydrogen-bond donors (Lipinski definition) is 1. The molecule has 0 amide bonds. The first-order chi connectivity index (χ1) is 10.4. The summed E-state index contributed by atoms with van der Waals surface area (Å²) in [6.07, 6.45) is 0. The Morgan fingerprint density at radius 1 is 1.09 bits per heavy atom. The van der Waals surface area contributed by atoms with E-state index in [2.05, 4.69) is 10.3 Å². The summed E-state index contributed by atoms with van der Waals surface area (Å²) < 4.78 is 4.03. The van der Waals surface area contributed by atoms with Crippen LogP contribution < -0.4 is 16.6 Å². The minimum atomic E-state index is -0.412. The predicted octanol–water partition coefficient (Wildman–Crippen LogP) is 1.37. The van der Waals surface area contributed by atoms with Crippen LogP contribution in [0.3, 0.4) is 0 Å². The molecule has 0 aliphatic rings. The fourth-order valence-electron chi connectivity index (χ4n) is 2.33. The maximum absolute atomic E-state index is 12.3. The van der Waals surface area contributed by atoms with Crippen molar-refractivity contribution in [2.45, 2.75) is 0 Å². The van der Waals surface area contributed by atoms with Gasteiger partial charge in [0.2, 0.25) is 5.95 Å². The van der Waals surface area contributed by atoms with Crippen molar-refractivity contribution in [3.05, 3.63) is 50.1 Å². The molecule has 0 bridgehead atoms. The Kier molecular flexibility index (Phi) is 3.29. The number of nitrogens with one attached hydrogen (secondary N) is 1. The second-order valence-corrected chi connectivity index (χ2v) is 5.44. The molecule has 1 aromatic carbocycles. The van der Waals surface area contributed by atoms with Gasteiger partial charge in [0.15, 0.2) is 11.2 Å². The molecule has 0 saturated carbocycles. The SMILES string of the molecule is Cn1c(=O)c2c(nc(Nc3cccc(Cl)c3)n2C)n(C)c1=O. The molecular weight excluding hydrogens is 306 g/mol. The average molecular weight is 320 g/mol. The van der Waals surface area contributed by atoms with Crippen molar-refractivity contribution < 1.29 is 0 Å². The summed E-state index contributed by atoms with van der Waals surface area (Å²) in [5.74, 6) is 0.454. The third kappa shape index (κ3) is 2.10. The molecule has 8 heteroatoms. The number of benzene rings is 1. The van der Waals surface area contributed by atoms with Crippen LogP contribution in [0, 0.1) is 0 Å². The molecule has 0 aliphatic carbocycles. The topological polar surface area (TPSA) is 73.8 Å². The molecule has 0 aliphatic heterocycles. The van der Waals surface area contributed by atoms with Gasteiger partial charge in [0.25, 0.3) is 5.56 Å². The molecule has 0 saturated heterocycles. The smallest absolute Gasteiger partial charge is 0.325 e. The summed E-state index contributed by atoms with van der Waals surface area (Å²) in [5, 5.41) is 3.69. The molecule has 22 heavy (non-hydrogen) atoms. The van der Waals surface area contributed by atoms with Crippen LogP contribution in [0.15, 0.2) is 33.9 Å². The van der Waals surface area contributed by atoms with Crippen LogP contribution in [0.1, 0.15) is 0 Å². The first kappa shape index (κ1) is 14.4. The third-order valence-corrected chi connectivity index (χ3v) is 3.79. The largest absolute Gasteiger partial charge is 0.332 e. The number of rotatable bonds is 2. The van der Waals surface area contributed by atoms with Crippen molar-refractivity contribution in [3.8, 4) is 0 Å². The van der Waals surface area contributed by atoms with Gasteiger partial charge in [-0.25, -0.2) is 4.79 Å². The molecular formula is C14H14ClN5O2. The molecule has 0 atom stereocenters. The highest BCUT2D eigenvalue weighted by Gasteiger charge is 2.16.